The van der Waals surface area contributed by atoms with E-state index in [1.165, 1.54) is 6.42 Å². The first-order valence-corrected chi connectivity index (χ1v) is 7.75. The average molecular weight is 277 g/mol. The molecular formula is C17H27NO2. The second kappa shape index (κ2) is 6.98. The Bertz CT molecular complexity index is 402. The van der Waals surface area contributed by atoms with E-state index in [2.05, 4.69) is 13.8 Å². The van der Waals surface area contributed by atoms with Gasteiger partial charge in [-0.15, -0.1) is 0 Å². The summed E-state index contributed by atoms with van der Waals surface area (Å²) in [4.78, 5) is 0. The lowest BCUT2D eigenvalue weighted by Crippen LogP contribution is -2.44. The van der Waals surface area contributed by atoms with Gasteiger partial charge in [-0.1, -0.05) is 13.8 Å². The lowest BCUT2D eigenvalue weighted by molar-refractivity contribution is 0.0867. The maximum absolute atomic E-state index is 6.22. The van der Waals surface area contributed by atoms with E-state index in [0.29, 0.717) is 12.5 Å². The zero-order valence-electron chi connectivity index (χ0n) is 12.8. The summed E-state index contributed by atoms with van der Waals surface area (Å²) < 4.78 is 11.5. The number of ether oxygens (including phenoxy) is 2. The van der Waals surface area contributed by atoms with E-state index >= 15 is 0 Å². The molecule has 0 saturated heterocycles. The highest BCUT2D eigenvalue weighted by atomic mass is 16.5. The molecule has 3 nitrogen and oxygen atoms in total. The lowest BCUT2D eigenvalue weighted by Gasteiger charge is -2.36. The first-order valence-electron chi connectivity index (χ1n) is 7.75. The highest BCUT2D eigenvalue weighted by Crippen LogP contribution is 2.32. The van der Waals surface area contributed by atoms with Gasteiger partial charge < -0.3 is 15.2 Å². The van der Waals surface area contributed by atoms with Gasteiger partial charge in [-0.25, -0.2) is 0 Å². The van der Waals surface area contributed by atoms with Crippen LogP contribution in [0, 0.1) is 11.8 Å². The second-order valence-electron chi connectivity index (χ2n) is 6.04. The standard InChI is InChI=1S/C17H27NO2/c1-4-19-14-6-8-15(9-7-14)20-17-11-13(12(2)3)5-10-16(17)18/h6-9,12-13,16-17H,4-5,10-11,18H2,1-3H3. The predicted molar refractivity (Wildman–Crippen MR) is 82.2 cm³/mol. The van der Waals surface area contributed by atoms with Crippen molar-refractivity contribution in [3.05, 3.63) is 24.3 Å². The predicted octanol–water partition coefficient (Wildman–Crippen LogP) is 3.62. The quantitative estimate of drug-likeness (QED) is 0.894. The molecule has 3 unspecified atom stereocenters. The molecule has 112 valence electrons. The zero-order valence-corrected chi connectivity index (χ0v) is 12.8. The van der Waals surface area contributed by atoms with E-state index in [4.69, 9.17) is 15.2 Å². The number of rotatable bonds is 5. The lowest BCUT2D eigenvalue weighted by atomic mass is 9.78. The summed E-state index contributed by atoms with van der Waals surface area (Å²) in [6, 6.07) is 7.99. The van der Waals surface area contributed by atoms with Crippen molar-refractivity contribution in [2.75, 3.05) is 6.61 Å². The molecule has 2 N–H and O–H groups in total. The van der Waals surface area contributed by atoms with Crippen LogP contribution in [0.5, 0.6) is 11.5 Å². The first kappa shape index (κ1) is 15.2. The fourth-order valence-electron chi connectivity index (χ4n) is 2.88. The highest BCUT2D eigenvalue weighted by molar-refractivity contribution is 5.31. The van der Waals surface area contributed by atoms with Crippen molar-refractivity contribution in [3.63, 3.8) is 0 Å². The average Bonchev–Trinajstić information content (AvgIpc) is 2.43. The van der Waals surface area contributed by atoms with Gasteiger partial charge in [-0.3, -0.25) is 0 Å². The molecule has 0 heterocycles. The second-order valence-corrected chi connectivity index (χ2v) is 6.04. The van der Waals surface area contributed by atoms with Crippen molar-refractivity contribution in [3.8, 4) is 11.5 Å². The molecule has 1 aromatic carbocycles. The molecule has 0 spiro atoms. The van der Waals surface area contributed by atoms with Crippen LogP contribution >= 0.6 is 0 Å². The molecule has 1 aromatic rings. The molecule has 0 amide bonds. The molecular weight excluding hydrogens is 250 g/mol. The van der Waals surface area contributed by atoms with Crippen LogP contribution in [0.2, 0.25) is 0 Å². The van der Waals surface area contributed by atoms with Gasteiger partial charge in [0.25, 0.3) is 0 Å². The van der Waals surface area contributed by atoms with Crippen molar-refractivity contribution in [2.45, 2.75) is 52.2 Å². The summed E-state index contributed by atoms with van der Waals surface area (Å²) >= 11 is 0. The van der Waals surface area contributed by atoms with Crippen LogP contribution in [-0.2, 0) is 0 Å². The normalized spacial score (nSPS) is 26.6. The van der Waals surface area contributed by atoms with Gasteiger partial charge in [-0.05, 0) is 62.3 Å². The number of hydrogen-bond acceptors (Lipinski definition) is 3. The molecule has 1 saturated carbocycles. The Morgan fingerprint density at radius 3 is 2.40 bits per heavy atom. The van der Waals surface area contributed by atoms with Crippen LogP contribution in [0.15, 0.2) is 24.3 Å². The summed E-state index contributed by atoms with van der Waals surface area (Å²) in [5.41, 5.74) is 6.22. The van der Waals surface area contributed by atoms with Crippen molar-refractivity contribution < 1.29 is 9.47 Å². The van der Waals surface area contributed by atoms with E-state index in [1.807, 2.05) is 31.2 Å². The summed E-state index contributed by atoms with van der Waals surface area (Å²) in [5, 5.41) is 0. The van der Waals surface area contributed by atoms with Crippen LogP contribution in [0.4, 0.5) is 0 Å². The van der Waals surface area contributed by atoms with E-state index in [0.717, 1.165) is 30.3 Å². The number of benzene rings is 1. The molecule has 1 fully saturated rings. The number of nitrogens with two attached hydrogens (primary N) is 1. The molecule has 3 atom stereocenters. The third kappa shape index (κ3) is 3.89. The van der Waals surface area contributed by atoms with E-state index in [-0.39, 0.29) is 12.1 Å². The zero-order chi connectivity index (χ0) is 14.5. The highest BCUT2D eigenvalue weighted by Gasteiger charge is 2.31. The molecule has 0 aromatic heterocycles. The fourth-order valence-corrected chi connectivity index (χ4v) is 2.88. The molecule has 0 bridgehead atoms. The van der Waals surface area contributed by atoms with Gasteiger partial charge in [0.1, 0.15) is 17.6 Å². The van der Waals surface area contributed by atoms with Crippen LogP contribution in [0.25, 0.3) is 0 Å². The minimum Gasteiger partial charge on any atom is -0.494 e. The molecule has 0 aliphatic heterocycles. The Morgan fingerprint density at radius 2 is 1.80 bits per heavy atom. The fraction of sp³-hybridized carbons (Fsp3) is 0.647. The third-order valence-corrected chi connectivity index (χ3v) is 4.25. The van der Waals surface area contributed by atoms with Crippen molar-refractivity contribution >= 4 is 0 Å². The van der Waals surface area contributed by atoms with Crippen LogP contribution in [0.3, 0.4) is 0 Å². The van der Waals surface area contributed by atoms with Crippen molar-refractivity contribution in [2.24, 2.45) is 17.6 Å². The molecule has 1 aliphatic rings. The first-order chi connectivity index (χ1) is 9.60. The Hall–Kier alpha value is -1.22. The summed E-state index contributed by atoms with van der Waals surface area (Å²) in [6.45, 7) is 7.24. The van der Waals surface area contributed by atoms with Crippen LogP contribution in [-0.4, -0.2) is 18.8 Å². The van der Waals surface area contributed by atoms with Gasteiger partial charge in [-0.2, -0.15) is 0 Å². The van der Waals surface area contributed by atoms with Crippen molar-refractivity contribution in [1.29, 1.82) is 0 Å². The maximum atomic E-state index is 6.22. The van der Waals surface area contributed by atoms with Crippen molar-refractivity contribution in [1.82, 2.24) is 0 Å². The molecule has 3 heteroatoms. The Balaban J connectivity index is 1.96. The van der Waals surface area contributed by atoms with E-state index < -0.39 is 0 Å². The van der Waals surface area contributed by atoms with Gasteiger partial charge >= 0.3 is 0 Å². The number of hydrogen-bond donors (Lipinski definition) is 1. The van der Waals surface area contributed by atoms with Gasteiger partial charge in [0, 0.05) is 6.04 Å². The van der Waals surface area contributed by atoms with E-state index in [1.54, 1.807) is 0 Å². The third-order valence-electron chi connectivity index (χ3n) is 4.25. The molecule has 0 radical (unpaired) electrons. The van der Waals surface area contributed by atoms with Gasteiger partial charge in [0.15, 0.2) is 0 Å². The Morgan fingerprint density at radius 1 is 1.15 bits per heavy atom. The topological polar surface area (TPSA) is 44.5 Å². The maximum Gasteiger partial charge on any atom is 0.120 e. The Kier molecular flexibility index (Phi) is 5.30. The SMILES string of the molecule is CCOc1ccc(OC2CC(C(C)C)CCC2N)cc1. The minimum absolute atomic E-state index is 0.133. The van der Waals surface area contributed by atoms with Gasteiger partial charge in [0.05, 0.1) is 6.61 Å². The monoisotopic (exact) mass is 277 g/mol. The largest absolute Gasteiger partial charge is 0.494 e. The van der Waals surface area contributed by atoms with Gasteiger partial charge in [0.2, 0.25) is 0 Å². The molecule has 1 aliphatic carbocycles. The van der Waals surface area contributed by atoms with Crippen LogP contribution in [0.1, 0.15) is 40.0 Å². The minimum atomic E-state index is 0.133. The summed E-state index contributed by atoms with van der Waals surface area (Å²) in [7, 11) is 0. The molecule has 20 heavy (non-hydrogen) atoms. The van der Waals surface area contributed by atoms with E-state index in [9.17, 15) is 0 Å². The smallest absolute Gasteiger partial charge is 0.120 e. The molecule has 2 rings (SSSR count). The Labute approximate surface area is 122 Å². The summed E-state index contributed by atoms with van der Waals surface area (Å²) in [5.74, 6) is 3.20. The summed E-state index contributed by atoms with van der Waals surface area (Å²) in [6.07, 6.45) is 3.48. The van der Waals surface area contributed by atoms with Crippen LogP contribution < -0.4 is 15.2 Å².